The molecule has 1 aromatic heterocycles. The lowest BCUT2D eigenvalue weighted by atomic mass is 10.0. The molecule has 0 radical (unpaired) electrons. The normalized spacial score (nSPS) is 26.1. The molecule has 3 heterocycles. The molecule has 2 aliphatic rings. The number of amides is 1. The van der Waals surface area contributed by atoms with Crippen molar-refractivity contribution in [2.45, 2.75) is 25.4 Å². The van der Waals surface area contributed by atoms with E-state index < -0.39 is 9.84 Å². The Morgan fingerprint density at radius 1 is 1.20 bits per heavy atom. The molecule has 0 saturated carbocycles. The van der Waals surface area contributed by atoms with Crippen LogP contribution in [-0.4, -0.2) is 72.8 Å². The van der Waals surface area contributed by atoms with E-state index in [1.807, 2.05) is 38.2 Å². The fourth-order valence-electron chi connectivity index (χ4n) is 4.27. The van der Waals surface area contributed by atoms with Crippen molar-refractivity contribution in [1.82, 2.24) is 14.8 Å². The van der Waals surface area contributed by atoms with Crippen molar-refractivity contribution >= 4 is 26.6 Å². The summed E-state index contributed by atoms with van der Waals surface area (Å²) in [6.07, 6.45) is 0.755. The van der Waals surface area contributed by atoms with Gasteiger partial charge in [0.1, 0.15) is 5.69 Å². The first kappa shape index (κ1) is 16.6. The molecular formula is C18H23N3O3S. The van der Waals surface area contributed by atoms with Gasteiger partial charge in [0.25, 0.3) is 5.91 Å². The van der Waals surface area contributed by atoms with E-state index in [4.69, 9.17) is 0 Å². The van der Waals surface area contributed by atoms with Crippen molar-refractivity contribution in [3.8, 4) is 0 Å². The molecule has 2 aliphatic heterocycles. The molecule has 2 aromatic rings. The lowest BCUT2D eigenvalue weighted by molar-refractivity contribution is 0.0404. The van der Waals surface area contributed by atoms with E-state index in [2.05, 4.69) is 9.88 Å². The van der Waals surface area contributed by atoms with Gasteiger partial charge in [-0.1, -0.05) is 25.1 Å². The van der Waals surface area contributed by atoms with Gasteiger partial charge in [0.05, 0.1) is 17.5 Å². The van der Waals surface area contributed by atoms with Crippen LogP contribution in [0.2, 0.25) is 0 Å². The highest BCUT2D eigenvalue weighted by Crippen LogP contribution is 2.29. The molecule has 2 fully saturated rings. The van der Waals surface area contributed by atoms with Crippen LogP contribution < -0.4 is 0 Å². The van der Waals surface area contributed by atoms with Gasteiger partial charge in [-0.3, -0.25) is 9.69 Å². The summed E-state index contributed by atoms with van der Waals surface area (Å²) in [5, 5.41) is 1.07. The van der Waals surface area contributed by atoms with Crippen molar-refractivity contribution in [3.05, 3.63) is 35.5 Å². The molecule has 25 heavy (non-hydrogen) atoms. The number of rotatable bonds is 2. The predicted molar refractivity (Wildman–Crippen MR) is 97.6 cm³/mol. The first-order chi connectivity index (χ1) is 11.9. The number of piperazine rings is 1. The monoisotopic (exact) mass is 361 g/mol. The quantitative estimate of drug-likeness (QED) is 0.875. The highest BCUT2D eigenvalue weighted by molar-refractivity contribution is 7.91. The van der Waals surface area contributed by atoms with E-state index in [1.165, 1.54) is 0 Å². The number of carbonyl (C=O) groups excluding carboxylic acids is 1. The summed E-state index contributed by atoms with van der Waals surface area (Å²) in [7, 11) is -1.15. The maximum absolute atomic E-state index is 13.3. The van der Waals surface area contributed by atoms with Crippen LogP contribution in [0.1, 0.15) is 23.0 Å². The number of H-pyrrole nitrogens is 1. The Morgan fingerprint density at radius 2 is 1.92 bits per heavy atom. The average molecular weight is 361 g/mol. The summed E-state index contributed by atoms with van der Waals surface area (Å²) in [4.78, 5) is 20.4. The minimum atomic E-state index is -3.10. The van der Waals surface area contributed by atoms with Gasteiger partial charge in [0, 0.05) is 30.0 Å². The average Bonchev–Trinajstić information content (AvgIpc) is 3.11. The lowest BCUT2D eigenvalue weighted by Gasteiger charge is -2.42. The van der Waals surface area contributed by atoms with Gasteiger partial charge < -0.3 is 9.88 Å². The Morgan fingerprint density at radius 3 is 2.68 bits per heavy atom. The molecule has 4 rings (SSSR count). The number of para-hydroxylation sites is 1. The Labute approximate surface area is 147 Å². The number of hydrogen-bond acceptors (Lipinski definition) is 4. The van der Waals surface area contributed by atoms with Gasteiger partial charge >= 0.3 is 0 Å². The highest BCUT2D eigenvalue weighted by Gasteiger charge is 2.47. The number of carbonyl (C=O) groups is 1. The SMILES string of the molecule is CCc1c(C(=O)N2CCN(C)[C@@H]3CS(=O)(=O)C[C@@H]32)[nH]c2ccccc12. The molecule has 2 saturated heterocycles. The number of likely N-dealkylation sites (N-methyl/N-ethyl adjacent to an activating group) is 1. The second-order valence-electron chi connectivity index (χ2n) is 7.07. The number of nitrogens with one attached hydrogen (secondary N) is 1. The van der Waals surface area contributed by atoms with Crippen LogP contribution in [0, 0.1) is 0 Å². The van der Waals surface area contributed by atoms with Crippen molar-refractivity contribution in [1.29, 1.82) is 0 Å². The molecule has 0 bridgehead atoms. The van der Waals surface area contributed by atoms with Crippen molar-refractivity contribution < 1.29 is 13.2 Å². The van der Waals surface area contributed by atoms with Crippen LogP contribution in [-0.2, 0) is 16.3 Å². The van der Waals surface area contributed by atoms with E-state index in [0.717, 1.165) is 22.9 Å². The van der Waals surface area contributed by atoms with Gasteiger partial charge in [-0.05, 0) is 25.1 Å². The molecule has 0 aliphatic carbocycles. The van der Waals surface area contributed by atoms with E-state index in [1.54, 1.807) is 4.90 Å². The molecule has 0 spiro atoms. The van der Waals surface area contributed by atoms with Gasteiger partial charge in [0.2, 0.25) is 0 Å². The maximum Gasteiger partial charge on any atom is 0.270 e. The third-order valence-electron chi connectivity index (χ3n) is 5.60. The first-order valence-electron chi connectivity index (χ1n) is 8.72. The van der Waals surface area contributed by atoms with Crippen LogP contribution in [0.15, 0.2) is 24.3 Å². The number of hydrogen-bond donors (Lipinski definition) is 1. The summed E-state index contributed by atoms with van der Waals surface area (Å²) in [5.41, 5.74) is 2.57. The summed E-state index contributed by atoms with van der Waals surface area (Å²) < 4.78 is 24.3. The van der Waals surface area contributed by atoms with E-state index in [-0.39, 0.29) is 29.5 Å². The predicted octanol–water partition coefficient (Wildman–Crippen LogP) is 1.28. The minimum absolute atomic E-state index is 0.0649. The Balaban J connectivity index is 1.74. The smallest absolute Gasteiger partial charge is 0.270 e. The van der Waals surface area contributed by atoms with Crippen LogP contribution in [0.4, 0.5) is 0 Å². The Hall–Kier alpha value is -1.86. The Kier molecular flexibility index (Phi) is 3.88. The molecule has 1 aromatic carbocycles. The zero-order valence-corrected chi connectivity index (χ0v) is 15.3. The van der Waals surface area contributed by atoms with Gasteiger partial charge in [-0.15, -0.1) is 0 Å². The number of benzene rings is 1. The van der Waals surface area contributed by atoms with Crippen LogP contribution in [0.5, 0.6) is 0 Å². The largest absolute Gasteiger partial charge is 0.350 e. The van der Waals surface area contributed by atoms with E-state index >= 15 is 0 Å². The van der Waals surface area contributed by atoms with E-state index in [0.29, 0.717) is 18.8 Å². The van der Waals surface area contributed by atoms with Crippen LogP contribution in [0.25, 0.3) is 10.9 Å². The molecular weight excluding hydrogens is 338 g/mol. The van der Waals surface area contributed by atoms with E-state index in [9.17, 15) is 13.2 Å². The summed E-state index contributed by atoms with van der Waals surface area (Å²) in [5.74, 6) is 0.133. The van der Waals surface area contributed by atoms with Crippen molar-refractivity contribution in [2.75, 3.05) is 31.6 Å². The fraction of sp³-hybridized carbons (Fsp3) is 0.500. The zero-order chi connectivity index (χ0) is 17.8. The summed E-state index contributed by atoms with van der Waals surface area (Å²) in [6.45, 7) is 3.30. The molecule has 1 N–H and O–H groups in total. The highest BCUT2D eigenvalue weighted by atomic mass is 32.2. The second kappa shape index (κ2) is 5.85. The summed E-state index contributed by atoms with van der Waals surface area (Å²) in [6, 6.07) is 7.55. The fourth-order valence-corrected chi connectivity index (χ4v) is 6.33. The van der Waals surface area contributed by atoms with Crippen molar-refractivity contribution in [2.24, 2.45) is 0 Å². The standard InChI is InChI=1S/C18H23N3O3S/c1-3-12-13-6-4-5-7-14(13)19-17(12)18(22)21-9-8-20(2)15-10-25(23,24)11-16(15)21/h4-7,15-16,19H,3,8-11H2,1-2H3/t15-,16+/m1/s1. The molecule has 2 atom stereocenters. The lowest BCUT2D eigenvalue weighted by Crippen LogP contribution is -2.59. The number of aromatic nitrogens is 1. The molecule has 7 heteroatoms. The van der Waals surface area contributed by atoms with Crippen LogP contribution >= 0.6 is 0 Å². The molecule has 134 valence electrons. The number of aryl methyl sites for hydroxylation is 1. The topological polar surface area (TPSA) is 73.5 Å². The second-order valence-corrected chi connectivity index (χ2v) is 9.22. The molecule has 1 amide bonds. The zero-order valence-electron chi connectivity index (χ0n) is 14.5. The van der Waals surface area contributed by atoms with Crippen molar-refractivity contribution in [3.63, 3.8) is 0 Å². The maximum atomic E-state index is 13.3. The third-order valence-corrected chi connectivity index (χ3v) is 7.29. The summed E-state index contributed by atoms with van der Waals surface area (Å²) >= 11 is 0. The van der Waals surface area contributed by atoms with Gasteiger partial charge in [-0.25, -0.2) is 8.42 Å². The third kappa shape index (κ3) is 2.66. The number of sulfone groups is 1. The van der Waals surface area contributed by atoms with Gasteiger partial charge in [0.15, 0.2) is 9.84 Å². The van der Waals surface area contributed by atoms with Crippen LogP contribution in [0.3, 0.4) is 0 Å². The first-order valence-corrected chi connectivity index (χ1v) is 10.5. The number of aromatic amines is 1. The molecule has 6 nitrogen and oxygen atoms in total. The minimum Gasteiger partial charge on any atom is -0.350 e. The number of fused-ring (bicyclic) bond motifs is 2. The number of nitrogens with zero attached hydrogens (tertiary/aromatic N) is 2. The molecule has 0 unspecified atom stereocenters. The Bertz CT molecular complexity index is 934. The van der Waals surface area contributed by atoms with Gasteiger partial charge in [-0.2, -0.15) is 0 Å².